The van der Waals surface area contributed by atoms with Gasteiger partial charge in [-0.25, -0.2) is 0 Å². The lowest BCUT2D eigenvalue weighted by Crippen LogP contribution is -1.97. The summed E-state index contributed by atoms with van der Waals surface area (Å²) in [4.78, 5) is 0. The Bertz CT molecular complexity index is 167. The van der Waals surface area contributed by atoms with E-state index in [-0.39, 0.29) is 0 Å². The maximum Gasteiger partial charge on any atom is -0.0234 e. The molecule has 0 nitrogen and oxygen atoms in total. The van der Waals surface area contributed by atoms with E-state index in [4.69, 9.17) is 0 Å². The first-order valence-electron chi connectivity index (χ1n) is 5.28. The molecule has 1 fully saturated rings. The monoisotopic (exact) mass is 166 g/mol. The largest absolute Gasteiger partial charge is 0.0885 e. The van der Waals surface area contributed by atoms with E-state index < -0.39 is 0 Å². The normalized spacial score (nSPS) is 31.8. The molecule has 1 rings (SSSR count). The quantitative estimate of drug-likeness (QED) is 0.553. The first-order chi connectivity index (χ1) is 5.65. The van der Waals surface area contributed by atoms with Crippen LogP contribution in [0.25, 0.3) is 0 Å². The molecule has 0 bridgehead atoms. The zero-order valence-corrected chi connectivity index (χ0v) is 8.93. The van der Waals surface area contributed by atoms with Crippen LogP contribution in [0.2, 0.25) is 0 Å². The average molecular weight is 166 g/mol. The van der Waals surface area contributed by atoms with Gasteiger partial charge in [-0.05, 0) is 50.9 Å². The van der Waals surface area contributed by atoms with Gasteiger partial charge in [-0.3, -0.25) is 0 Å². The van der Waals surface area contributed by atoms with E-state index in [0.717, 1.165) is 17.8 Å². The molecule has 0 heterocycles. The Kier molecular flexibility index (Phi) is 3.37. The minimum Gasteiger partial charge on any atom is -0.0885 e. The summed E-state index contributed by atoms with van der Waals surface area (Å²) in [5.74, 6) is 2.91. The number of hydrogen-bond donors (Lipinski definition) is 0. The van der Waals surface area contributed by atoms with Gasteiger partial charge < -0.3 is 0 Å². The van der Waals surface area contributed by atoms with Crippen LogP contribution in [-0.4, -0.2) is 0 Å². The van der Waals surface area contributed by atoms with Gasteiger partial charge in [-0.1, -0.05) is 25.5 Å². The molecule has 0 spiro atoms. The molecule has 0 N–H and O–H groups in total. The molecule has 0 amide bonds. The maximum absolute atomic E-state index is 2.37. The summed E-state index contributed by atoms with van der Waals surface area (Å²) < 4.78 is 0. The van der Waals surface area contributed by atoms with Gasteiger partial charge in [-0.2, -0.15) is 0 Å². The first kappa shape index (κ1) is 9.83. The van der Waals surface area contributed by atoms with Crippen molar-refractivity contribution < 1.29 is 0 Å². The Morgan fingerprint density at radius 3 is 2.58 bits per heavy atom. The van der Waals surface area contributed by atoms with Gasteiger partial charge in [0.1, 0.15) is 0 Å². The van der Waals surface area contributed by atoms with Crippen molar-refractivity contribution in [3.8, 4) is 0 Å². The lowest BCUT2D eigenvalue weighted by atomic mass is 9.95. The van der Waals surface area contributed by atoms with Gasteiger partial charge in [0, 0.05) is 0 Å². The lowest BCUT2D eigenvalue weighted by Gasteiger charge is -2.10. The van der Waals surface area contributed by atoms with Crippen molar-refractivity contribution in [3.63, 3.8) is 0 Å². The highest BCUT2D eigenvalue weighted by Crippen LogP contribution is 2.42. The molecule has 70 valence electrons. The highest BCUT2D eigenvalue weighted by atomic mass is 14.4. The van der Waals surface area contributed by atoms with Crippen LogP contribution in [-0.2, 0) is 0 Å². The minimum absolute atomic E-state index is 0.808. The smallest absolute Gasteiger partial charge is 0.0234 e. The summed E-state index contributed by atoms with van der Waals surface area (Å²) in [5.41, 5.74) is 1.56. The van der Waals surface area contributed by atoms with Crippen molar-refractivity contribution in [2.24, 2.45) is 17.8 Å². The van der Waals surface area contributed by atoms with Crippen LogP contribution < -0.4 is 0 Å². The van der Waals surface area contributed by atoms with Crippen LogP contribution in [0.1, 0.15) is 47.0 Å². The van der Waals surface area contributed by atoms with Crippen molar-refractivity contribution in [1.29, 1.82) is 0 Å². The second-order valence-corrected chi connectivity index (χ2v) is 4.48. The maximum atomic E-state index is 2.37. The van der Waals surface area contributed by atoms with E-state index in [1.54, 1.807) is 5.57 Å². The third-order valence-electron chi connectivity index (χ3n) is 3.48. The van der Waals surface area contributed by atoms with Gasteiger partial charge >= 0.3 is 0 Å². The summed E-state index contributed by atoms with van der Waals surface area (Å²) in [5, 5.41) is 0. The summed E-state index contributed by atoms with van der Waals surface area (Å²) >= 11 is 0. The topological polar surface area (TPSA) is 0 Å². The molecule has 0 aromatic heterocycles. The second-order valence-electron chi connectivity index (χ2n) is 4.48. The zero-order valence-electron chi connectivity index (χ0n) is 8.93. The van der Waals surface area contributed by atoms with Gasteiger partial charge in [0.05, 0.1) is 0 Å². The molecule has 3 unspecified atom stereocenters. The first-order valence-corrected chi connectivity index (χ1v) is 5.28. The fourth-order valence-corrected chi connectivity index (χ4v) is 1.78. The van der Waals surface area contributed by atoms with E-state index in [0.29, 0.717) is 0 Å². The molecular weight excluding hydrogens is 144 g/mol. The Labute approximate surface area is 77.1 Å². The van der Waals surface area contributed by atoms with Crippen LogP contribution in [0.5, 0.6) is 0 Å². The van der Waals surface area contributed by atoms with E-state index in [2.05, 4.69) is 33.8 Å². The average Bonchev–Trinajstić information content (AvgIpc) is 2.76. The highest BCUT2D eigenvalue weighted by Gasteiger charge is 2.31. The number of rotatable bonds is 4. The van der Waals surface area contributed by atoms with E-state index >= 15 is 0 Å². The zero-order chi connectivity index (χ0) is 9.14. The Hall–Kier alpha value is -0.260. The van der Waals surface area contributed by atoms with Crippen LogP contribution in [0.3, 0.4) is 0 Å². The van der Waals surface area contributed by atoms with Gasteiger partial charge in [0.2, 0.25) is 0 Å². The molecular formula is C12H22. The fourth-order valence-electron chi connectivity index (χ4n) is 1.78. The highest BCUT2D eigenvalue weighted by molar-refractivity contribution is 5.00. The predicted molar refractivity (Wildman–Crippen MR) is 55.1 cm³/mol. The predicted octanol–water partition coefficient (Wildman–Crippen LogP) is 4.02. The van der Waals surface area contributed by atoms with Crippen molar-refractivity contribution in [2.75, 3.05) is 0 Å². The standard InChI is InChI=1S/C12H22/c1-5-9(2)10(3)6-7-12-8-11(12)4/h5,10-12H,6-8H2,1-4H3. The Morgan fingerprint density at radius 1 is 1.58 bits per heavy atom. The molecule has 0 saturated heterocycles. The molecule has 0 radical (unpaired) electrons. The molecule has 1 aliphatic rings. The Balaban J connectivity index is 2.14. The van der Waals surface area contributed by atoms with Gasteiger partial charge in [0.15, 0.2) is 0 Å². The molecule has 3 atom stereocenters. The molecule has 1 saturated carbocycles. The van der Waals surface area contributed by atoms with Crippen molar-refractivity contribution in [3.05, 3.63) is 11.6 Å². The molecule has 0 aliphatic heterocycles. The van der Waals surface area contributed by atoms with Crippen LogP contribution >= 0.6 is 0 Å². The molecule has 0 aromatic carbocycles. The third-order valence-corrected chi connectivity index (χ3v) is 3.48. The molecule has 0 aromatic rings. The van der Waals surface area contributed by atoms with Crippen LogP contribution in [0.15, 0.2) is 11.6 Å². The summed E-state index contributed by atoms with van der Waals surface area (Å²) in [6.07, 6.45) is 6.58. The summed E-state index contributed by atoms with van der Waals surface area (Å²) in [6, 6.07) is 0. The minimum atomic E-state index is 0.808. The summed E-state index contributed by atoms with van der Waals surface area (Å²) in [6.45, 7) is 9.12. The third kappa shape index (κ3) is 2.66. The van der Waals surface area contributed by atoms with Crippen LogP contribution in [0, 0.1) is 17.8 Å². The fraction of sp³-hybridized carbons (Fsp3) is 0.833. The lowest BCUT2D eigenvalue weighted by molar-refractivity contribution is 0.532. The Morgan fingerprint density at radius 2 is 2.17 bits per heavy atom. The van der Waals surface area contributed by atoms with Crippen molar-refractivity contribution in [2.45, 2.75) is 47.0 Å². The van der Waals surface area contributed by atoms with E-state index in [9.17, 15) is 0 Å². The van der Waals surface area contributed by atoms with Gasteiger partial charge in [0.25, 0.3) is 0 Å². The van der Waals surface area contributed by atoms with Crippen LogP contribution in [0.4, 0.5) is 0 Å². The SMILES string of the molecule is CC=C(C)C(C)CCC1CC1C. The molecule has 1 aliphatic carbocycles. The number of hydrogen-bond acceptors (Lipinski definition) is 0. The molecule has 12 heavy (non-hydrogen) atoms. The van der Waals surface area contributed by atoms with Crippen molar-refractivity contribution in [1.82, 2.24) is 0 Å². The second kappa shape index (κ2) is 4.11. The van der Waals surface area contributed by atoms with Crippen molar-refractivity contribution >= 4 is 0 Å². The van der Waals surface area contributed by atoms with E-state index in [1.807, 2.05) is 0 Å². The number of allylic oxidation sites excluding steroid dienone is 2. The van der Waals surface area contributed by atoms with E-state index in [1.165, 1.54) is 19.3 Å². The summed E-state index contributed by atoms with van der Waals surface area (Å²) in [7, 11) is 0. The molecule has 0 heteroatoms. The van der Waals surface area contributed by atoms with Gasteiger partial charge in [-0.15, -0.1) is 0 Å².